The fourth-order valence-corrected chi connectivity index (χ4v) is 2.60. The second-order valence-electron chi connectivity index (χ2n) is 4.88. The molecule has 0 spiro atoms. The summed E-state index contributed by atoms with van der Waals surface area (Å²) in [5.41, 5.74) is 1.17. The summed E-state index contributed by atoms with van der Waals surface area (Å²) in [6.45, 7) is -2.95. The molecule has 7 heteroatoms. The van der Waals surface area contributed by atoms with E-state index in [9.17, 15) is 13.6 Å². The Labute approximate surface area is 142 Å². The topological polar surface area (TPSA) is 41.6 Å². The van der Waals surface area contributed by atoms with Gasteiger partial charge in [0.2, 0.25) is 0 Å². The van der Waals surface area contributed by atoms with E-state index in [1.807, 2.05) is 6.07 Å². The molecule has 0 unspecified atom stereocenters. The van der Waals surface area contributed by atoms with E-state index in [4.69, 9.17) is 12.2 Å². The van der Waals surface area contributed by atoms with E-state index in [0.717, 1.165) is 0 Å². The van der Waals surface area contributed by atoms with Crippen LogP contribution in [0.5, 0.6) is 5.75 Å². The maximum absolute atomic E-state index is 12.6. The molecule has 2 aromatic carbocycles. The number of nitrogens with zero attached hydrogens (tertiary/aromatic N) is 1. The van der Waals surface area contributed by atoms with Crippen molar-refractivity contribution in [1.82, 2.24) is 5.32 Å². The number of ether oxygens (including phenoxy) is 1. The number of hydrogen-bond donors (Lipinski definition) is 1. The lowest BCUT2D eigenvalue weighted by Gasteiger charge is -2.13. The molecule has 1 heterocycles. The van der Waals surface area contributed by atoms with E-state index < -0.39 is 6.61 Å². The highest BCUT2D eigenvalue weighted by Gasteiger charge is 2.32. The minimum absolute atomic E-state index is 0.0151. The van der Waals surface area contributed by atoms with Gasteiger partial charge in [0.25, 0.3) is 5.91 Å². The third-order valence-electron chi connectivity index (χ3n) is 3.33. The number of carbonyl (C=O) groups excluding carboxylic acids is 1. The molecule has 1 aliphatic heterocycles. The summed E-state index contributed by atoms with van der Waals surface area (Å²) in [4.78, 5) is 13.9. The van der Waals surface area contributed by atoms with Crippen LogP contribution in [0.3, 0.4) is 0 Å². The second-order valence-corrected chi connectivity index (χ2v) is 5.27. The molecule has 1 saturated heterocycles. The number of anilines is 1. The van der Waals surface area contributed by atoms with Crippen molar-refractivity contribution in [1.29, 1.82) is 0 Å². The third-order valence-corrected chi connectivity index (χ3v) is 3.61. The van der Waals surface area contributed by atoms with Gasteiger partial charge in [-0.15, -0.1) is 0 Å². The molecule has 1 aliphatic rings. The van der Waals surface area contributed by atoms with E-state index in [0.29, 0.717) is 11.3 Å². The van der Waals surface area contributed by atoms with Crippen molar-refractivity contribution >= 4 is 35.0 Å². The Morgan fingerprint density at radius 3 is 2.46 bits per heavy atom. The first-order valence-electron chi connectivity index (χ1n) is 7.02. The predicted octanol–water partition coefficient (Wildman–Crippen LogP) is 3.55. The van der Waals surface area contributed by atoms with Gasteiger partial charge in [-0.2, -0.15) is 8.78 Å². The summed E-state index contributed by atoms with van der Waals surface area (Å²) in [6.07, 6.45) is 1.44. The first-order valence-corrected chi connectivity index (χ1v) is 7.43. The highest BCUT2D eigenvalue weighted by atomic mass is 32.1. The van der Waals surface area contributed by atoms with Crippen LogP contribution in [0.25, 0.3) is 6.08 Å². The molecule has 1 amide bonds. The lowest BCUT2D eigenvalue weighted by Crippen LogP contribution is -2.30. The number of thiocarbonyl (C=S) groups is 1. The van der Waals surface area contributed by atoms with Crippen LogP contribution in [0.15, 0.2) is 60.3 Å². The Balaban J connectivity index is 1.93. The number of amides is 1. The van der Waals surface area contributed by atoms with Gasteiger partial charge in [-0.05, 0) is 36.5 Å². The van der Waals surface area contributed by atoms with E-state index >= 15 is 0 Å². The fourth-order valence-electron chi connectivity index (χ4n) is 2.31. The molecule has 24 heavy (non-hydrogen) atoms. The first-order chi connectivity index (χ1) is 11.6. The van der Waals surface area contributed by atoms with Gasteiger partial charge >= 0.3 is 6.61 Å². The smallest absolute Gasteiger partial charge is 0.387 e. The molecule has 0 radical (unpaired) electrons. The van der Waals surface area contributed by atoms with Crippen LogP contribution in [0.1, 0.15) is 5.56 Å². The monoisotopic (exact) mass is 346 g/mol. The molecule has 1 fully saturated rings. The molecule has 0 bridgehead atoms. The minimum Gasteiger partial charge on any atom is -0.434 e. The molecule has 1 N–H and O–H groups in total. The number of benzene rings is 2. The SMILES string of the molecule is O=C1C(=Cc2ccccc2OC(F)F)NC(=S)N1c1ccccc1. The molecule has 0 aromatic heterocycles. The number of alkyl halides is 2. The Bertz CT molecular complexity index is 809. The quantitative estimate of drug-likeness (QED) is 0.679. The molecule has 0 saturated carbocycles. The lowest BCUT2D eigenvalue weighted by molar-refractivity contribution is -0.113. The number of hydrogen-bond acceptors (Lipinski definition) is 3. The summed E-state index contributed by atoms with van der Waals surface area (Å²) in [5.74, 6) is -0.378. The maximum Gasteiger partial charge on any atom is 0.387 e. The second kappa shape index (κ2) is 6.76. The van der Waals surface area contributed by atoms with Gasteiger partial charge in [0.15, 0.2) is 5.11 Å². The van der Waals surface area contributed by atoms with Gasteiger partial charge in [0, 0.05) is 5.56 Å². The van der Waals surface area contributed by atoms with Gasteiger partial charge in [-0.1, -0.05) is 36.4 Å². The normalized spacial score (nSPS) is 16.0. The molecule has 4 nitrogen and oxygen atoms in total. The summed E-state index contributed by atoms with van der Waals surface area (Å²) >= 11 is 5.20. The highest BCUT2D eigenvalue weighted by Crippen LogP contribution is 2.26. The van der Waals surface area contributed by atoms with Crippen molar-refractivity contribution < 1.29 is 18.3 Å². The summed E-state index contributed by atoms with van der Waals surface area (Å²) in [7, 11) is 0. The molecule has 0 aliphatic carbocycles. The van der Waals surface area contributed by atoms with Crippen molar-refractivity contribution in [3.63, 3.8) is 0 Å². The zero-order chi connectivity index (χ0) is 17.1. The number of carbonyl (C=O) groups is 1. The molecule has 3 rings (SSSR count). The van der Waals surface area contributed by atoms with E-state index in [1.54, 1.807) is 42.5 Å². The third kappa shape index (κ3) is 3.26. The van der Waals surface area contributed by atoms with E-state index in [1.165, 1.54) is 17.0 Å². The number of nitrogens with one attached hydrogen (secondary N) is 1. The zero-order valence-corrected chi connectivity index (χ0v) is 13.1. The van der Waals surface area contributed by atoms with Gasteiger partial charge < -0.3 is 10.1 Å². The molecular formula is C17H12F2N2O2S. The Morgan fingerprint density at radius 2 is 1.75 bits per heavy atom. The van der Waals surface area contributed by atoms with Gasteiger partial charge in [0.1, 0.15) is 11.4 Å². The number of para-hydroxylation sites is 2. The zero-order valence-electron chi connectivity index (χ0n) is 12.3. The summed E-state index contributed by atoms with van der Waals surface area (Å²) in [5, 5.41) is 3.03. The maximum atomic E-state index is 12.6. The van der Waals surface area contributed by atoms with Crippen molar-refractivity contribution in [3.05, 3.63) is 65.9 Å². The fraction of sp³-hybridized carbons (Fsp3) is 0.0588. The van der Waals surface area contributed by atoms with Crippen LogP contribution in [-0.2, 0) is 4.79 Å². The van der Waals surface area contributed by atoms with Crippen molar-refractivity contribution in [3.8, 4) is 5.75 Å². The van der Waals surface area contributed by atoms with Crippen LogP contribution in [0.4, 0.5) is 14.5 Å². The average Bonchev–Trinajstić information content (AvgIpc) is 2.83. The van der Waals surface area contributed by atoms with Crippen LogP contribution >= 0.6 is 12.2 Å². The first kappa shape index (κ1) is 16.1. The van der Waals surface area contributed by atoms with E-state index in [-0.39, 0.29) is 22.5 Å². The lowest BCUT2D eigenvalue weighted by atomic mass is 10.1. The summed E-state index contributed by atoms with van der Waals surface area (Å²) in [6, 6.07) is 15.1. The molecular weight excluding hydrogens is 334 g/mol. The molecule has 122 valence electrons. The van der Waals surface area contributed by atoms with Crippen LogP contribution in [-0.4, -0.2) is 17.6 Å². The highest BCUT2D eigenvalue weighted by molar-refractivity contribution is 7.80. The van der Waals surface area contributed by atoms with E-state index in [2.05, 4.69) is 10.1 Å². The average molecular weight is 346 g/mol. The van der Waals surface area contributed by atoms with Gasteiger partial charge in [-0.3, -0.25) is 9.69 Å². The van der Waals surface area contributed by atoms with Crippen LogP contribution in [0, 0.1) is 0 Å². The molecule has 2 aromatic rings. The number of rotatable bonds is 4. The predicted molar refractivity (Wildman–Crippen MR) is 90.7 cm³/mol. The Kier molecular flexibility index (Phi) is 4.52. The Hall–Kier alpha value is -2.80. The largest absolute Gasteiger partial charge is 0.434 e. The van der Waals surface area contributed by atoms with Crippen LogP contribution < -0.4 is 15.0 Å². The summed E-state index contributed by atoms with van der Waals surface area (Å²) < 4.78 is 29.4. The standard InChI is InChI=1S/C17H12F2N2O2S/c18-16(19)23-14-9-5-4-6-11(14)10-13-15(22)21(17(24)20-13)12-7-2-1-3-8-12/h1-10,16H,(H,20,24). The minimum atomic E-state index is -2.95. The number of halogens is 2. The van der Waals surface area contributed by atoms with Crippen molar-refractivity contribution in [2.24, 2.45) is 0 Å². The van der Waals surface area contributed by atoms with Gasteiger partial charge in [-0.25, -0.2) is 0 Å². The molecule has 0 atom stereocenters. The van der Waals surface area contributed by atoms with Crippen LogP contribution in [0.2, 0.25) is 0 Å². The van der Waals surface area contributed by atoms with Crippen molar-refractivity contribution in [2.75, 3.05) is 4.90 Å². The van der Waals surface area contributed by atoms with Crippen molar-refractivity contribution in [2.45, 2.75) is 6.61 Å². The Morgan fingerprint density at radius 1 is 1.08 bits per heavy atom. The van der Waals surface area contributed by atoms with Gasteiger partial charge in [0.05, 0.1) is 5.69 Å².